The van der Waals surface area contributed by atoms with E-state index in [4.69, 9.17) is 4.74 Å². The molecule has 1 atom stereocenters. The van der Waals surface area contributed by atoms with Gasteiger partial charge in [0.2, 0.25) is 0 Å². The summed E-state index contributed by atoms with van der Waals surface area (Å²) in [6, 6.07) is 7.50. The zero-order chi connectivity index (χ0) is 12.3. The molecule has 0 fully saturated rings. The van der Waals surface area contributed by atoms with Gasteiger partial charge in [0.25, 0.3) is 0 Å². The SMILES string of the molecule is COc1cccc(C(C)(O)Cc2nccs2)c1. The zero-order valence-electron chi connectivity index (χ0n) is 9.88. The van der Waals surface area contributed by atoms with Gasteiger partial charge in [0.1, 0.15) is 5.75 Å². The normalized spacial score (nSPS) is 14.3. The smallest absolute Gasteiger partial charge is 0.119 e. The molecule has 2 rings (SSSR count). The van der Waals surface area contributed by atoms with Crippen molar-refractivity contribution >= 4 is 11.3 Å². The molecule has 0 spiro atoms. The van der Waals surface area contributed by atoms with Gasteiger partial charge in [-0.15, -0.1) is 11.3 Å². The third kappa shape index (κ3) is 2.84. The minimum absolute atomic E-state index is 0.512. The van der Waals surface area contributed by atoms with Crippen LogP contribution in [0.15, 0.2) is 35.8 Å². The largest absolute Gasteiger partial charge is 0.497 e. The van der Waals surface area contributed by atoms with E-state index in [0.717, 1.165) is 16.3 Å². The summed E-state index contributed by atoms with van der Waals surface area (Å²) in [4.78, 5) is 4.20. The van der Waals surface area contributed by atoms with E-state index in [-0.39, 0.29) is 0 Å². The summed E-state index contributed by atoms with van der Waals surface area (Å²) < 4.78 is 5.16. The number of thiazole rings is 1. The van der Waals surface area contributed by atoms with Gasteiger partial charge in [0.05, 0.1) is 17.7 Å². The Morgan fingerprint density at radius 1 is 1.47 bits per heavy atom. The molecule has 1 unspecified atom stereocenters. The summed E-state index contributed by atoms with van der Waals surface area (Å²) in [5, 5.41) is 13.3. The highest BCUT2D eigenvalue weighted by Crippen LogP contribution is 2.28. The predicted octanol–water partition coefficient (Wildman–Crippen LogP) is 2.60. The number of benzene rings is 1. The molecule has 0 saturated heterocycles. The maximum atomic E-state index is 10.5. The van der Waals surface area contributed by atoms with E-state index in [1.54, 1.807) is 31.6 Å². The molecular weight excluding hydrogens is 234 g/mol. The molecule has 0 amide bonds. The highest BCUT2D eigenvalue weighted by molar-refractivity contribution is 7.09. The van der Waals surface area contributed by atoms with Crippen LogP contribution in [0.3, 0.4) is 0 Å². The van der Waals surface area contributed by atoms with Crippen molar-refractivity contribution < 1.29 is 9.84 Å². The van der Waals surface area contributed by atoms with Gasteiger partial charge in [0, 0.05) is 18.0 Å². The van der Waals surface area contributed by atoms with Gasteiger partial charge in [-0.1, -0.05) is 12.1 Å². The highest BCUT2D eigenvalue weighted by atomic mass is 32.1. The number of hydrogen-bond acceptors (Lipinski definition) is 4. The number of rotatable bonds is 4. The van der Waals surface area contributed by atoms with Gasteiger partial charge in [-0.05, 0) is 24.6 Å². The molecule has 1 heterocycles. The lowest BCUT2D eigenvalue weighted by atomic mass is 9.93. The molecule has 1 aromatic carbocycles. The first-order valence-electron chi connectivity index (χ1n) is 5.37. The Bertz CT molecular complexity index is 480. The van der Waals surface area contributed by atoms with E-state index in [1.165, 1.54) is 0 Å². The second-order valence-corrected chi connectivity index (χ2v) is 5.09. The van der Waals surface area contributed by atoms with Crippen molar-refractivity contribution in [2.45, 2.75) is 18.9 Å². The van der Waals surface area contributed by atoms with E-state index in [2.05, 4.69) is 4.98 Å². The van der Waals surface area contributed by atoms with Crippen LogP contribution in [0.2, 0.25) is 0 Å². The van der Waals surface area contributed by atoms with E-state index >= 15 is 0 Å². The average molecular weight is 249 g/mol. The third-order valence-electron chi connectivity index (χ3n) is 2.67. The van der Waals surface area contributed by atoms with Gasteiger partial charge in [0.15, 0.2) is 0 Å². The molecular formula is C13H15NO2S. The van der Waals surface area contributed by atoms with Gasteiger partial charge < -0.3 is 9.84 Å². The Labute approximate surface area is 105 Å². The number of hydrogen-bond donors (Lipinski definition) is 1. The maximum Gasteiger partial charge on any atom is 0.119 e. The molecule has 0 aliphatic carbocycles. The molecule has 4 heteroatoms. The van der Waals surface area contributed by atoms with E-state index in [9.17, 15) is 5.11 Å². The molecule has 0 saturated carbocycles. The zero-order valence-corrected chi connectivity index (χ0v) is 10.7. The Morgan fingerprint density at radius 3 is 2.94 bits per heavy atom. The summed E-state index contributed by atoms with van der Waals surface area (Å²) >= 11 is 1.55. The van der Waals surface area contributed by atoms with E-state index in [0.29, 0.717) is 6.42 Å². The average Bonchev–Trinajstić information content (AvgIpc) is 2.81. The predicted molar refractivity (Wildman–Crippen MR) is 68.4 cm³/mol. The second kappa shape index (κ2) is 4.85. The van der Waals surface area contributed by atoms with Gasteiger partial charge in [-0.3, -0.25) is 0 Å². The van der Waals surface area contributed by atoms with Crippen molar-refractivity contribution in [3.63, 3.8) is 0 Å². The van der Waals surface area contributed by atoms with Gasteiger partial charge in [-0.2, -0.15) is 0 Å². The van der Waals surface area contributed by atoms with Crippen LogP contribution >= 0.6 is 11.3 Å². The van der Waals surface area contributed by atoms with Crippen molar-refractivity contribution in [2.75, 3.05) is 7.11 Å². The first-order valence-corrected chi connectivity index (χ1v) is 6.25. The van der Waals surface area contributed by atoms with Gasteiger partial charge in [-0.25, -0.2) is 4.98 Å². The summed E-state index contributed by atoms with van der Waals surface area (Å²) in [6.45, 7) is 1.79. The van der Waals surface area contributed by atoms with Crippen LogP contribution in [-0.2, 0) is 12.0 Å². The molecule has 2 aromatic rings. The summed E-state index contributed by atoms with van der Waals surface area (Å²) in [6.07, 6.45) is 2.26. The first-order chi connectivity index (χ1) is 8.12. The minimum Gasteiger partial charge on any atom is -0.497 e. The molecule has 0 aliphatic heterocycles. The van der Waals surface area contributed by atoms with Crippen molar-refractivity contribution in [1.82, 2.24) is 4.98 Å². The van der Waals surface area contributed by atoms with E-state index < -0.39 is 5.60 Å². The Morgan fingerprint density at radius 2 is 2.29 bits per heavy atom. The number of aromatic nitrogens is 1. The van der Waals surface area contributed by atoms with Crippen LogP contribution in [0.4, 0.5) is 0 Å². The summed E-state index contributed by atoms with van der Waals surface area (Å²) in [5.41, 5.74) is -0.0844. The van der Waals surface area contributed by atoms with Crippen molar-refractivity contribution in [2.24, 2.45) is 0 Å². The lowest BCUT2D eigenvalue weighted by Gasteiger charge is -2.23. The Kier molecular flexibility index (Phi) is 3.45. The van der Waals surface area contributed by atoms with Crippen LogP contribution in [0.1, 0.15) is 17.5 Å². The molecule has 1 aromatic heterocycles. The Balaban J connectivity index is 2.24. The van der Waals surface area contributed by atoms with Crippen molar-refractivity contribution in [1.29, 1.82) is 0 Å². The molecule has 0 bridgehead atoms. The molecule has 17 heavy (non-hydrogen) atoms. The molecule has 0 aliphatic rings. The van der Waals surface area contributed by atoms with Crippen LogP contribution in [-0.4, -0.2) is 17.2 Å². The summed E-state index contributed by atoms with van der Waals surface area (Å²) in [7, 11) is 1.62. The first kappa shape index (κ1) is 12.1. The molecule has 1 N–H and O–H groups in total. The number of nitrogens with zero attached hydrogens (tertiary/aromatic N) is 1. The third-order valence-corrected chi connectivity index (χ3v) is 3.45. The molecule has 0 radical (unpaired) electrons. The van der Waals surface area contributed by atoms with E-state index in [1.807, 2.05) is 29.6 Å². The fraction of sp³-hybridized carbons (Fsp3) is 0.308. The summed E-state index contributed by atoms with van der Waals surface area (Å²) in [5.74, 6) is 0.752. The topological polar surface area (TPSA) is 42.4 Å². The lowest BCUT2D eigenvalue weighted by Crippen LogP contribution is -2.24. The van der Waals surface area contributed by atoms with Crippen molar-refractivity contribution in [3.05, 3.63) is 46.4 Å². The molecule has 90 valence electrons. The second-order valence-electron chi connectivity index (χ2n) is 4.11. The number of methoxy groups -OCH3 is 1. The number of aliphatic hydroxyl groups is 1. The number of ether oxygens (including phenoxy) is 1. The maximum absolute atomic E-state index is 10.5. The van der Waals surface area contributed by atoms with Gasteiger partial charge >= 0.3 is 0 Å². The van der Waals surface area contributed by atoms with Crippen molar-refractivity contribution in [3.8, 4) is 5.75 Å². The van der Waals surface area contributed by atoms with Crippen LogP contribution in [0.5, 0.6) is 5.75 Å². The van der Waals surface area contributed by atoms with Crippen LogP contribution in [0.25, 0.3) is 0 Å². The van der Waals surface area contributed by atoms with Crippen LogP contribution < -0.4 is 4.74 Å². The van der Waals surface area contributed by atoms with Crippen LogP contribution in [0, 0.1) is 0 Å². The lowest BCUT2D eigenvalue weighted by molar-refractivity contribution is 0.0573. The monoisotopic (exact) mass is 249 g/mol. The highest BCUT2D eigenvalue weighted by Gasteiger charge is 2.25. The standard InChI is InChI=1S/C13H15NO2S/c1-13(15,9-12-14-6-7-17-12)10-4-3-5-11(8-10)16-2/h3-8,15H,9H2,1-2H3. The fourth-order valence-corrected chi connectivity index (χ4v) is 2.46. The fourth-order valence-electron chi connectivity index (χ4n) is 1.69. The molecule has 3 nitrogen and oxygen atoms in total. The Hall–Kier alpha value is -1.39. The quantitative estimate of drug-likeness (QED) is 0.905. The minimum atomic E-state index is -0.924.